The molecule has 3 rings (SSSR count). The number of nitrogens with one attached hydrogen (secondary N) is 4. The lowest BCUT2D eigenvalue weighted by atomic mass is 9.74. The average molecular weight is 689 g/mol. The molecule has 11 nitrogen and oxygen atoms in total. The van der Waals surface area contributed by atoms with Gasteiger partial charge < -0.3 is 31.1 Å². The Bertz CT molecular complexity index is 1150. The summed E-state index contributed by atoms with van der Waals surface area (Å²) in [6, 6.07) is -3.03. The van der Waals surface area contributed by atoms with Gasteiger partial charge in [0.1, 0.15) is 12.1 Å². The Balaban J connectivity index is 1.80. The van der Waals surface area contributed by atoms with E-state index in [4.69, 9.17) is 0 Å². The zero-order chi connectivity index (χ0) is 36.6. The molecule has 49 heavy (non-hydrogen) atoms. The van der Waals surface area contributed by atoms with E-state index in [1.54, 1.807) is 4.90 Å². The van der Waals surface area contributed by atoms with Gasteiger partial charge in [-0.3, -0.25) is 19.2 Å². The van der Waals surface area contributed by atoms with Crippen LogP contribution in [0.1, 0.15) is 139 Å². The lowest BCUT2D eigenvalue weighted by molar-refractivity contribution is -0.144. The predicted molar refractivity (Wildman–Crippen MR) is 194 cm³/mol. The summed E-state index contributed by atoms with van der Waals surface area (Å²) in [4.78, 5) is 71.9. The average Bonchev–Trinajstić information content (AvgIpc) is 3.69. The van der Waals surface area contributed by atoms with Crippen LogP contribution in [0.4, 0.5) is 4.79 Å². The number of piperidine rings is 1. The first kappa shape index (κ1) is 40.7. The van der Waals surface area contributed by atoms with Crippen LogP contribution in [-0.4, -0.2) is 95.7 Å². The number of hydrogen-bond acceptors (Lipinski definition) is 6. The highest BCUT2D eigenvalue weighted by Crippen LogP contribution is 2.36. The van der Waals surface area contributed by atoms with Gasteiger partial charge in [0, 0.05) is 25.2 Å². The first-order chi connectivity index (χ1) is 22.9. The molecule has 1 saturated carbocycles. The summed E-state index contributed by atoms with van der Waals surface area (Å²) in [6.07, 6.45) is 9.13. The van der Waals surface area contributed by atoms with Gasteiger partial charge in [-0.15, -0.1) is 0 Å². The Kier molecular flexibility index (Phi) is 14.5. The summed E-state index contributed by atoms with van der Waals surface area (Å²) in [7, 11) is 0. The number of likely N-dealkylation sites (tertiary alicyclic amines) is 2. The van der Waals surface area contributed by atoms with Crippen LogP contribution in [-0.2, 0) is 19.2 Å². The quantitative estimate of drug-likeness (QED) is 0.160. The number of ketones is 1. The molecule has 5 amide bonds. The Labute approximate surface area is 296 Å². The normalized spacial score (nSPS) is 21.7. The minimum Gasteiger partial charge on any atom is -0.347 e. The molecular weight excluding hydrogens is 620 g/mol. The summed E-state index contributed by atoms with van der Waals surface area (Å²) in [5, 5.41) is 11.9. The SMILES string of the molecule is CCCC(NC(=O)C1CCCN1C(=O)C(NC(=O)NC(CN1CCC(C)(C)CC1)C(C)(C)C)C(C)(CCC)CCC)C(=O)C(=O)NC1CC1. The monoisotopic (exact) mass is 689 g/mol. The molecule has 3 fully saturated rings. The smallest absolute Gasteiger partial charge is 0.315 e. The third kappa shape index (κ3) is 11.7. The molecule has 0 radical (unpaired) electrons. The molecule has 2 saturated heterocycles. The van der Waals surface area contributed by atoms with Crippen LogP contribution >= 0.6 is 0 Å². The largest absolute Gasteiger partial charge is 0.347 e. The first-order valence-corrected chi connectivity index (χ1v) is 19.2. The van der Waals surface area contributed by atoms with Crippen molar-refractivity contribution in [2.75, 3.05) is 26.2 Å². The van der Waals surface area contributed by atoms with Crippen molar-refractivity contribution >= 4 is 29.5 Å². The summed E-state index contributed by atoms with van der Waals surface area (Å²) < 4.78 is 0. The molecule has 3 aliphatic rings. The molecular formula is C38H68N6O5. The zero-order valence-electron chi connectivity index (χ0n) is 32.1. The molecule has 4 N–H and O–H groups in total. The van der Waals surface area contributed by atoms with E-state index >= 15 is 0 Å². The lowest BCUT2D eigenvalue weighted by Crippen LogP contribution is -2.62. The lowest BCUT2D eigenvalue weighted by Gasteiger charge is -2.42. The van der Waals surface area contributed by atoms with Crippen molar-refractivity contribution in [2.24, 2.45) is 16.2 Å². The maximum absolute atomic E-state index is 14.6. The minimum absolute atomic E-state index is 0.0374. The fourth-order valence-corrected chi connectivity index (χ4v) is 7.49. The number of urea groups is 1. The molecule has 1 aliphatic carbocycles. The molecule has 0 aromatic carbocycles. The van der Waals surface area contributed by atoms with Gasteiger partial charge in [0.05, 0.1) is 6.04 Å². The van der Waals surface area contributed by atoms with Crippen LogP contribution in [0.15, 0.2) is 0 Å². The zero-order valence-corrected chi connectivity index (χ0v) is 32.1. The van der Waals surface area contributed by atoms with E-state index in [-0.39, 0.29) is 29.4 Å². The molecule has 4 atom stereocenters. The number of carbonyl (C=O) groups excluding carboxylic acids is 5. The van der Waals surface area contributed by atoms with Crippen LogP contribution in [0, 0.1) is 16.2 Å². The van der Waals surface area contributed by atoms with Crippen molar-refractivity contribution in [2.45, 2.75) is 170 Å². The Morgan fingerprint density at radius 2 is 1.43 bits per heavy atom. The van der Waals surface area contributed by atoms with Gasteiger partial charge >= 0.3 is 6.03 Å². The molecule has 2 heterocycles. The van der Waals surface area contributed by atoms with Gasteiger partial charge in [-0.2, -0.15) is 0 Å². The van der Waals surface area contributed by atoms with E-state index in [1.165, 1.54) is 0 Å². The van der Waals surface area contributed by atoms with Crippen molar-refractivity contribution in [1.29, 1.82) is 0 Å². The second-order valence-corrected chi connectivity index (χ2v) is 17.2. The Morgan fingerprint density at radius 3 is 1.96 bits per heavy atom. The van der Waals surface area contributed by atoms with Crippen LogP contribution in [0.3, 0.4) is 0 Å². The number of rotatable bonds is 17. The number of nitrogens with zero attached hydrogens (tertiary/aromatic N) is 2. The van der Waals surface area contributed by atoms with Crippen LogP contribution < -0.4 is 21.3 Å². The Hall–Kier alpha value is -2.69. The van der Waals surface area contributed by atoms with E-state index in [2.05, 4.69) is 81.6 Å². The summed E-state index contributed by atoms with van der Waals surface area (Å²) in [5.41, 5.74) is -0.407. The van der Waals surface area contributed by atoms with Crippen molar-refractivity contribution in [1.82, 2.24) is 31.1 Å². The molecule has 280 valence electrons. The molecule has 0 spiro atoms. The molecule has 11 heteroatoms. The van der Waals surface area contributed by atoms with Crippen molar-refractivity contribution < 1.29 is 24.0 Å². The Morgan fingerprint density at radius 1 is 0.816 bits per heavy atom. The second kappa shape index (κ2) is 17.5. The topological polar surface area (TPSA) is 140 Å². The highest BCUT2D eigenvalue weighted by Gasteiger charge is 2.46. The van der Waals surface area contributed by atoms with Crippen molar-refractivity contribution in [3.8, 4) is 0 Å². The minimum atomic E-state index is -0.945. The van der Waals surface area contributed by atoms with Gasteiger partial charge in [0.2, 0.25) is 17.6 Å². The summed E-state index contributed by atoms with van der Waals surface area (Å²) >= 11 is 0. The molecule has 2 aliphatic heterocycles. The van der Waals surface area contributed by atoms with E-state index in [0.717, 1.165) is 71.0 Å². The first-order valence-electron chi connectivity index (χ1n) is 19.2. The van der Waals surface area contributed by atoms with E-state index in [0.29, 0.717) is 37.6 Å². The van der Waals surface area contributed by atoms with Gasteiger partial charge in [-0.25, -0.2) is 4.79 Å². The van der Waals surface area contributed by atoms with Crippen LogP contribution in [0.5, 0.6) is 0 Å². The standard InChI is InChI=1S/C38H68N6O5/c1-10-14-27(30(45)33(47)39-26-16-17-26)40-32(46)28-15-13-22-44(28)34(48)31(38(9,18-11-2)19-12-3)42-35(49)41-29(36(4,5)6)25-43-23-20-37(7,8)21-24-43/h26-29,31H,10-25H2,1-9H3,(H,39,47)(H,40,46)(H2,41,42,49). The predicted octanol–water partition coefficient (Wildman–Crippen LogP) is 4.92. The van der Waals surface area contributed by atoms with Crippen molar-refractivity contribution in [3.05, 3.63) is 0 Å². The highest BCUT2D eigenvalue weighted by atomic mass is 16.2. The fourth-order valence-electron chi connectivity index (χ4n) is 7.49. The van der Waals surface area contributed by atoms with E-state index in [1.807, 2.05) is 6.92 Å². The third-order valence-corrected chi connectivity index (χ3v) is 11.0. The van der Waals surface area contributed by atoms with E-state index < -0.39 is 41.1 Å². The van der Waals surface area contributed by atoms with Gasteiger partial charge in [-0.1, -0.05) is 81.6 Å². The maximum atomic E-state index is 14.6. The molecule has 4 unspecified atom stereocenters. The van der Waals surface area contributed by atoms with Crippen LogP contribution in [0.2, 0.25) is 0 Å². The number of carbonyl (C=O) groups is 5. The number of amides is 5. The molecule has 0 bridgehead atoms. The maximum Gasteiger partial charge on any atom is 0.315 e. The number of hydrogen-bond donors (Lipinski definition) is 4. The summed E-state index contributed by atoms with van der Waals surface area (Å²) in [6.45, 7) is 22.2. The van der Waals surface area contributed by atoms with Gasteiger partial charge in [-0.05, 0) is 87.1 Å². The molecule has 0 aromatic heterocycles. The number of Topliss-reactive ketones (excluding diaryl/α,β-unsaturated/α-hetero) is 1. The van der Waals surface area contributed by atoms with Gasteiger partial charge in [0.25, 0.3) is 5.91 Å². The van der Waals surface area contributed by atoms with E-state index in [9.17, 15) is 24.0 Å². The second-order valence-electron chi connectivity index (χ2n) is 17.2. The highest BCUT2D eigenvalue weighted by molar-refractivity contribution is 6.38. The summed E-state index contributed by atoms with van der Waals surface area (Å²) in [5.74, 6) is -2.00. The van der Waals surface area contributed by atoms with Crippen LogP contribution in [0.25, 0.3) is 0 Å². The molecule has 0 aromatic rings. The third-order valence-electron chi connectivity index (χ3n) is 11.0. The van der Waals surface area contributed by atoms with Crippen molar-refractivity contribution in [3.63, 3.8) is 0 Å². The van der Waals surface area contributed by atoms with Gasteiger partial charge in [0.15, 0.2) is 0 Å². The fraction of sp³-hybridized carbons (Fsp3) is 0.868.